The number of aryl methyl sites for hydroxylation is 2. The highest BCUT2D eigenvalue weighted by atomic mass is 32.2. The summed E-state index contributed by atoms with van der Waals surface area (Å²) in [6, 6.07) is 20.3. The third-order valence-electron chi connectivity index (χ3n) is 4.24. The van der Waals surface area contributed by atoms with Gasteiger partial charge in [-0.2, -0.15) is 0 Å². The summed E-state index contributed by atoms with van der Waals surface area (Å²) in [4.78, 5) is 10.1. The summed E-state index contributed by atoms with van der Waals surface area (Å²) >= 11 is 1.57. The largest absolute Gasteiger partial charge is 0.449 e. The molecule has 0 unspecified atom stereocenters. The van der Waals surface area contributed by atoms with Crippen LogP contribution in [0.4, 0.5) is 5.69 Å². The molecule has 0 atom stereocenters. The monoisotopic (exact) mass is 358 g/mol. The zero-order valence-corrected chi connectivity index (χ0v) is 15.5. The summed E-state index contributed by atoms with van der Waals surface area (Å²) in [6.07, 6.45) is 3.58. The molecule has 2 heterocycles. The molecular formula is C22H18N2OS. The molecule has 128 valence electrons. The van der Waals surface area contributed by atoms with E-state index in [0.29, 0.717) is 0 Å². The van der Waals surface area contributed by atoms with E-state index in [1.165, 1.54) is 11.1 Å². The van der Waals surface area contributed by atoms with Crippen molar-refractivity contribution in [3.63, 3.8) is 0 Å². The molecular weight excluding hydrogens is 340 g/mol. The molecule has 4 aromatic rings. The molecule has 3 nitrogen and oxygen atoms in total. The number of nitrogens with zero attached hydrogens (tertiary/aromatic N) is 2. The molecule has 0 fully saturated rings. The van der Waals surface area contributed by atoms with Crippen LogP contribution in [0.15, 0.2) is 86.3 Å². The first-order valence-corrected chi connectivity index (χ1v) is 9.23. The summed E-state index contributed by atoms with van der Waals surface area (Å²) in [5, 5.41) is 1.95. The third kappa shape index (κ3) is 3.55. The molecule has 0 aliphatic rings. The van der Waals surface area contributed by atoms with E-state index >= 15 is 0 Å². The number of fused-ring (bicyclic) bond motifs is 1. The number of hydrogen-bond donors (Lipinski definition) is 0. The van der Waals surface area contributed by atoms with E-state index in [0.717, 1.165) is 32.3 Å². The van der Waals surface area contributed by atoms with Crippen LogP contribution < -0.4 is 0 Å². The highest BCUT2D eigenvalue weighted by Crippen LogP contribution is 2.33. The Morgan fingerprint density at radius 1 is 0.962 bits per heavy atom. The molecule has 0 spiro atoms. The average molecular weight is 358 g/mol. The van der Waals surface area contributed by atoms with E-state index in [2.05, 4.69) is 54.2 Å². The molecule has 0 aliphatic carbocycles. The Morgan fingerprint density at radius 2 is 1.85 bits per heavy atom. The fraction of sp³-hybridized carbons (Fsp3) is 0.0909. The molecule has 0 saturated carbocycles. The van der Waals surface area contributed by atoms with Crippen LogP contribution in [-0.4, -0.2) is 11.2 Å². The Bertz CT molecular complexity index is 1090. The normalized spacial score (nSPS) is 11.5. The number of aromatic nitrogens is 1. The molecule has 0 saturated heterocycles. The summed E-state index contributed by atoms with van der Waals surface area (Å²) < 4.78 is 5.90. The molecule has 0 N–H and O–H groups in total. The van der Waals surface area contributed by atoms with Gasteiger partial charge in [-0.05, 0) is 73.1 Å². The maximum Gasteiger partial charge on any atom is 0.165 e. The third-order valence-corrected chi connectivity index (χ3v) is 5.21. The number of benzene rings is 2. The molecule has 2 aromatic carbocycles. The Hall–Kier alpha value is -2.85. The second kappa shape index (κ2) is 7.18. The minimum atomic E-state index is 0.735. The Labute approximate surface area is 156 Å². The van der Waals surface area contributed by atoms with Gasteiger partial charge in [-0.15, -0.1) is 0 Å². The number of furan rings is 1. The molecule has 0 bridgehead atoms. The van der Waals surface area contributed by atoms with E-state index < -0.39 is 0 Å². The Balaban J connectivity index is 1.54. The lowest BCUT2D eigenvalue weighted by molar-refractivity contribution is 0.469. The second-order valence-corrected chi connectivity index (χ2v) is 7.16. The number of rotatable bonds is 4. The average Bonchev–Trinajstić information content (AvgIpc) is 3.10. The van der Waals surface area contributed by atoms with Gasteiger partial charge in [0.25, 0.3) is 0 Å². The molecule has 4 heteroatoms. The predicted molar refractivity (Wildman–Crippen MR) is 108 cm³/mol. The number of para-hydroxylation sites is 1. The van der Waals surface area contributed by atoms with Crippen molar-refractivity contribution in [2.45, 2.75) is 23.8 Å². The molecule has 4 rings (SSSR count). The summed E-state index contributed by atoms with van der Waals surface area (Å²) in [7, 11) is 0. The zero-order valence-electron chi connectivity index (χ0n) is 14.6. The SMILES string of the molecule is Cc1ccc(N=Cc2ccc(Sc3cccc4cccnc34)o2)cc1C. The van der Waals surface area contributed by atoms with Crippen LogP contribution in [-0.2, 0) is 0 Å². The number of hydrogen-bond acceptors (Lipinski definition) is 4. The van der Waals surface area contributed by atoms with Crippen LogP contribution in [0.2, 0.25) is 0 Å². The smallest absolute Gasteiger partial charge is 0.165 e. The van der Waals surface area contributed by atoms with Crippen LogP contribution in [0.1, 0.15) is 16.9 Å². The van der Waals surface area contributed by atoms with Crippen molar-refractivity contribution in [1.82, 2.24) is 4.98 Å². The van der Waals surface area contributed by atoms with E-state index in [9.17, 15) is 0 Å². The van der Waals surface area contributed by atoms with Crippen LogP contribution in [0, 0.1) is 13.8 Å². The summed E-state index contributed by atoms with van der Waals surface area (Å²) in [5.74, 6) is 0.735. The van der Waals surface area contributed by atoms with Crippen molar-refractivity contribution in [2.75, 3.05) is 0 Å². The highest BCUT2D eigenvalue weighted by Gasteiger charge is 2.07. The standard InChI is InChI=1S/C22H18N2OS/c1-15-8-9-18(13-16(15)2)24-14-19-10-11-21(25-19)26-20-7-3-5-17-6-4-12-23-22(17)20/h3-14H,1-2H3. The van der Waals surface area contributed by atoms with E-state index in [1.807, 2.05) is 36.5 Å². The van der Waals surface area contributed by atoms with E-state index in [1.54, 1.807) is 18.0 Å². The number of pyridine rings is 1. The molecule has 26 heavy (non-hydrogen) atoms. The van der Waals surface area contributed by atoms with Crippen molar-refractivity contribution < 1.29 is 4.42 Å². The highest BCUT2D eigenvalue weighted by molar-refractivity contribution is 7.99. The van der Waals surface area contributed by atoms with Gasteiger partial charge >= 0.3 is 0 Å². The minimum Gasteiger partial charge on any atom is -0.449 e. The topological polar surface area (TPSA) is 38.4 Å². The lowest BCUT2D eigenvalue weighted by atomic mass is 10.1. The van der Waals surface area contributed by atoms with Crippen molar-refractivity contribution >= 4 is 34.6 Å². The fourth-order valence-corrected chi connectivity index (χ4v) is 3.57. The maximum absolute atomic E-state index is 5.90. The van der Waals surface area contributed by atoms with Crippen LogP contribution in [0.3, 0.4) is 0 Å². The van der Waals surface area contributed by atoms with Gasteiger partial charge in [0.05, 0.1) is 17.4 Å². The zero-order chi connectivity index (χ0) is 17.9. The molecule has 0 aliphatic heterocycles. The lowest BCUT2D eigenvalue weighted by Crippen LogP contribution is -1.81. The molecule has 0 radical (unpaired) electrons. The van der Waals surface area contributed by atoms with Gasteiger partial charge < -0.3 is 4.42 Å². The second-order valence-electron chi connectivity index (χ2n) is 6.12. The minimum absolute atomic E-state index is 0.735. The Morgan fingerprint density at radius 3 is 2.73 bits per heavy atom. The summed E-state index contributed by atoms with van der Waals surface area (Å²) in [6.45, 7) is 4.19. The van der Waals surface area contributed by atoms with Gasteiger partial charge in [-0.25, -0.2) is 0 Å². The van der Waals surface area contributed by atoms with Gasteiger partial charge in [0, 0.05) is 16.5 Å². The maximum atomic E-state index is 5.90. The first-order valence-electron chi connectivity index (χ1n) is 8.42. The number of aliphatic imine (C=N–C) groups is 1. The first-order chi connectivity index (χ1) is 12.7. The van der Waals surface area contributed by atoms with E-state index in [4.69, 9.17) is 4.42 Å². The van der Waals surface area contributed by atoms with E-state index in [-0.39, 0.29) is 0 Å². The first kappa shape index (κ1) is 16.6. The predicted octanol–water partition coefficient (Wildman–Crippen LogP) is 6.35. The van der Waals surface area contributed by atoms with Crippen LogP contribution in [0.25, 0.3) is 10.9 Å². The quantitative estimate of drug-likeness (QED) is 0.399. The van der Waals surface area contributed by atoms with Crippen molar-refractivity contribution in [3.8, 4) is 0 Å². The van der Waals surface area contributed by atoms with Crippen molar-refractivity contribution in [3.05, 3.63) is 83.7 Å². The van der Waals surface area contributed by atoms with Gasteiger partial charge in [0.15, 0.2) is 5.09 Å². The van der Waals surface area contributed by atoms with Crippen LogP contribution in [0.5, 0.6) is 0 Å². The fourth-order valence-electron chi connectivity index (χ4n) is 2.67. The Kier molecular flexibility index (Phi) is 4.59. The lowest BCUT2D eigenvalue weighted by Gasteiger charge is -2.02. The van der Waals surface area contributed by atoms with Gasteiger partial charge in [-0.3, -0.25) is 9.98 Å². The van der Waals surface area contributed by atoms with Gasteiger partial charge in [0.2, 0.25) is 0 Å². The van der Waals surface area contributed by atoms with Gasteiger partial charge in [-0.1, -0.05) is 24.3 Å². The molecule has 0 amide bonds. The van der Waals surface area contributed by atoms with Crippen molar-refractivity contribution in [1.29, 1.82) is 0 Å². The summed E-state index contributed by atoms with van der Waals surface area (Å²) in [5.41, 5.74) is 4.42. The van der Waals surface area contributed by atoms with Crippen LogP contribution >= 0.6 is 11.8 Å². The van der Waals surface area contributed by atoms with Crippen molar-refractivity contribution in [2.24, 2.45) is 4.99 Å². The van der Waals surface area contributed by atoms with Gasteiger partial charge in [0.1, 0.15) is 5.76 Å². The molecule has 2 aromatic heterocycles.